The first kappa shape index (κ1) is 14.9. The number of rotatable bonds is 6. The predicted molar refractivity (Wildman–Crippen MR) is 69.9 cm³/mol. The Morgan fingerprint density at radius 2 is 2.21 bits per heavy atom. The molecule has 1 atom stereocenters. The van der Waals surface area contributed by atoms with Crippen LogP contribution in [0.2, 0.25) is 0 Å². The first-order chi connectivity index (χ1) is 9.04. The summed E-state index contributed by atoms with van der Waals surface area (Å²) in [4.78, 5) is 36.7. The molecule has 0 aliphatic heterocycles. The second kappa shape index (κ2) is 7.35. The van der Waals surface area contributed by atoms with Gasteiger partial charge in [0.05, 0.1) is 0 Å². The van der Waals surface area contributed by atoms with Gasteiger partial charge in [-0.15, -0.1) is 0 Å². The van der Waals surface area contributed by atoms with Crippen LogP contribution in [0, 0.1) is 0 Å². The number of hydrogen-bond donors (Lipinski definition) is 2. The predicted octanol–water partition coefficient (Wildman–Crippen LogP) is 0.837. The lowest BCUT2D eigenvalue weighted by atomic mass is 10.2. The Morgan fingerprint density at radius 1 is 1.47 bits per heavy atom. The average Bonchev–Trinajstić information content (AvgIpc) is 2.36. The van der Waals surface area contributed by atoms with Crippen LogP contribution >= 0.6 is 0 Å². The van der Waals surface area contributed by atoms with E-state index in [9.17, 15) is 14.4 Å². The molecule has 0 bridgehead atoms. The van der Waals surface area contributed by atoms with E-state index in [1.54, 1.807) is 0 Å². The number of aromatic nitrogens is 1. The first-order valence-electron chi connectivity index (χ1n) is 6.18. The molecular formula is C13H18N2O4. The molecule has 1 aromatic rings. The van der Waals surface area contributed by atoms with Crippen molar-refractivity contribution in [3.05, 3.63) is 34.2 Å². The summed E-state index contributed by atoms with van der Waals surface area (Å²) in [7, 11) is 0. The number of carbonyl (C=O) groups is 2. The highest BCUT2D eigenvalue weighted by Crippen LogP contribution is 1.96. The topological polar surface area (TPSA) is 88.3 Å². The summed E-state index contributed by atoms with van der Waals surface area (Å²) in [5.74, 6) is -1.18. The minimum Gasteiger partial charge on any atom is -0.452 e. The van der Waals surface area contributed by atoms with Crippen LogP contribution in [0.1, 0.15) is 37.0 Å². The number of hydrogen-bond acceptors (Lipinski definition) is 4. The number of amides is 1. The summed E-state index contributed by atoms with van der Waals surface area (Å²) >= 11 is 0. The summed E-state index contributed by atoms with van der Waals surface area (Å²) in [5.41, 5.74) is -0.649. The van der Waals surface area contributed by atoms with Crippen molar-refractivity contribution < 1.29 is 14.3 Å². The molecule has 1 rings (SSSR count). The molecule has 0 aromatic carbocycles. The lowest BCUT2D eigenvalue weighted by Crippen LogP contribution is -2.36. The molecule has 1 amide bonds. The van der Waals surface area contributed by atoms with E-state index in [0.29, 0.717) is 0 Å². The van der Waals surface area contributed by atoms with Gasteiger partial charge in [-0.25, -0.2) is 4.79 Å². The third-order valence-corrected chi connectivity index (χ3v) is 2.50. The molecule has 0 saturated heterocycles. The van der Waals surface area contributed by atoms with Crippen molar-refractivity contribution in [3.63, 3.8) is 0 Å². The van der Waals surface area contributed by atoms with E-state index in [2.05, 4.69) is 10.3 Å². The van der Waals surface area contributed by atoms with Gasteiger partial charge in [0, 0.05) is 12.2 Å². The molecule has 6 nitrogen and oxygen atoms in total. The zero-order valence-electron chi connectivity index (χ0n) is 11.1. The second-order valence-corrected chi connectivity index (χ2v) is 4.25. The minimum atomic E-state index is -0.805. The van der Waals surface area contributed by atoms with Gasteiger partial charge in [-0.3, -0.25) is 9.59 Å². The van der Waals surface area contributed by atoms with Crippen molar-refractivity contribution >= 4 is 11.9 Å². The monoisotopic (exact) mass is 266 g/mol. The maximum atomic E-state index is 11.6. The van der Waals surface area contributed by atoms with E-state index in [1.165, 1.54) is 18.3 Å². The lowest BCUT2D eigenvalue weighted by molar-refractivity contribution is -0.124. The van der Waals surface area contributed by atoms with Crippen LogP contribution in [0.5, 0.6) is 0 Å². The molecule has 0 unspecified atom stereocenters. The Balaban J connectivity index is 2.45. The van der Waals surface area contributed by atoms with Crippen LogP contribution < -0.4 is 10.9 Å². The Labute approximate surface area is 111 Å². The molecule has 0 spiro atoms. The van der Waals surface area contributed by atoms with Gasteiger partial charge in [0.1, 0.15) is 5.56 Å². The molecule has 0 saturated carbocycles. The normalized spacial score (nSPS) is 11.7. The average molecular weight is 266 g/mol. The van der Waals surface area contributed by atoms with Crippen molar-refractivity contribution in [2.75, 3.05) is 6.61 Å². The highest BCUT2D eigenvalue weighted by Gasteiger charge is 2.14. The Morgan fingerprint density at radius 3 is 2.84 bits per heavy atom. The van der Waals surface area contributed by atoms with E-state index in [0.717, 1.165) is 12.8 Å². The zero-order valence-corrected chi connectivity index (χ0v) is 11.1. The van der Waals surface area contributed by atoms with E-state index in [1.807, 2.05) is 13.8 Å². The zero-order chi connectivity index (χ0) is 14.3. The summed E-state index contributed by atoms with van der Waals surface area (Å²) in [6, 6.07) is 2.90. The number of nitrogens with one attached hydrogen (secondary N) is 2. The van der Waals surface area contributed by atoms with Crippen LogP contribution in [0.15, 0.2) is 23.1 Å². The van der Waals surface area contributed by atoms with Crippen molar-refractivity contribution in [1.82, 2.24) is 10.3 Å². The molecule has 6 heteroatoms. The molecule has 1 heterocycles. The molecular weight excluding hydrogens is 248 g/mol. The maximum Gasteiger partial charge on any atom is 0.344 e. The molecule has 0 aliphatic carbocycles. The van der Waals surface area contributed by atoms with Crippen LogP contribution in [0.4, 0.5) is 0 Å². The van der Waals surface area contributed by atoms with Crippen molar-refractivity contribution in [3.8, 4) is 0 Å². The number of H-pyrrole nitrogens is 1. The van der Waals surface area contributed by atoms with Gasteiger partial charge in [0.25, 0.3) is 11.5 Å². The lowest BCUT2D eigenvalue weighted by Gasteiger charge is -2.12. The largest absolute Gasteiger partial charge is 0.452 e. The first-order valence-corrected chi connectivity index (χ1v) is 6.18. The third kappa shape index (κ3) is 4.95. The highest BCUT2D eigenvalue weighted by molar-refractivity contribution is 5.90. The standard InChI is InChI=1S/C13H18N2O4/c1-3-5-9(2)15-11(16)8-19-13(18)10-6-4-7-14-12(10)17/h4,6-7,9H,3,5,8H2,1-2H3,(H,14,17)(H,15,16)/t9-/m1/s1. The second-order valence-electron chi connectivity index (χ2n) is 4.25. The van der Waals surface area contributed by atoms with Gasteiger partial charge in [-0.05, 0) is 25.5 Å². The Hall–Kier alpha value is -2.11. The number of esters is 1. The van der Waals surface area contributed by atoms with Gasteiger partial charge >= 0.3 is 5.97 Å². The van der Waals surface area contributed by atoms with Crippen LogP contribution in [0.3, 0.4) is 0 Å². The van der Waals surface area contributed by atoms with Crippen LogP contribution in [-0.2, 0) is 9.53 Å². The molecule has 19 heavy (non-hydrogen) atoms. The quantitative estimate of drug-likeness (QED) is 0.747. The number of carbonyl (C=O) groups excluding carboxylic acids is 2. The number of ether oxygens (including phenoxy) is 1. The Bertz CT molecular complexity index is 495. The summed E-state index contributed by atoms with van der Waals surface area (Å²) in [5, 5.41) is 2.70. The Kier molecular flexibility index (Phi) is 5.78. The van der Waals surface area contributed by atoms with Gasteiger partial charge in [-0.1, -0.05) is 13.3 Å². The van der Waals surface area contributed by atoms with E-state index >= 15 is 0 Å². The van der Waals surface area contributed by atoms with E-state index in [-0.39, 0.29) is 24.1 Å². The number of pyridine rings is 1. The fourth-order valence-corrected chi connectivity index (χ4v) is 1.61. The summed E-state index contributed by atoms with van der Waals surface area (Å²) < 4.78 is 4.78. The molecule has 1 aromatic heterocycles. The fraction of sp³-hybridized carbons (Fsp3) is 0.462. The van der Waals surface area contributed by atoms with E-state index < -0.39 is 11.5 Å². The number of aromatic amines is 1. The molecule has 0 fully saturated rings. The van der Waals surface area contributed by atoms with Gasteiger partial charge in [-0.2, -0.15) is 0 Å². The third-order valence-electron chi connectivity index (χ3n) is 2.50. The smallest absolute Gasteiger partial charge is 0.344 e. The van der Waals surface area contributed by atoms with Gasteiger partial charge < -0.3 is 15.0 Å². The molecule has 104 valence electrons. The molecule has 0 aliphatic rings. The molecule has 2 N–H and O–H groups in total. The highest BCUT2D eigenvalue weighted by atomic mass is 16.5. The summed E-state index contributed by atoms with van der Waals surface area (Å²) in [6.07, 6.45) is 3.23. The van der Waals surface area contributed by atoms with Crippen molar-refractivity contribution in [1.29, 1.82) is 0 Å². The van der Waals surface area contributed by atoms with Crippen LogP contribution in [-0.4, -0.2) is 29.5 Å². The molecule has 0 radical (unpaired) electrons. The van der Waals surface area contributed by atoms with Gasteiger partial charge in [0.15, 0.2) is 6.61 Å². The van der Waals surface area contributed by atoms with Crippen LogP contribution in [0.25, 0.3) is 0 Å². The maximum absolute atomic E-state index is 11.6. The van der Waals surface area contributed by atoms with E-state index in [4.69, 9.17) is 4.74 Å². The van der Waals surface area contributed by atoms with Gasteiger partial charge in [0.2, 0.25) is 0 Å². The SMILES string of the molecule is CCC[C@@H](C)NC(=O)COC(=O)c1ccc[nH]c1=O. The fourth-order valence-electron chi connectivity index (χ4n) is 1.61. The van der Waals surface area contributed by atoms with Crippen molar-refractivity contribution in [2.24, 2.45) is 0 Å². The minimum absolute atomic E-state index is 0.0383. The van der Waals surface area contributed by atoms with Crippen molar-refractivity contribution in [2.45, 2.75) is 32.7 Å². The summed E-state index contributed by atoms with van der Waals surface area (Å²) in [6.45, 7) is 3.51.